The van der Waals surface area contributed by atoms with Gasteiger partial charge in [-0.2, -0.15) is 0 Å². The zero-order valence-corrected chi connectivity index (χ0v) is 12.5. The Morgan fingerprint density at radius 1 is 1.38 bits per heavy atom. The molecule has 7 nitrogen and oxygen atoms in total. The topological polar surface area (TPSA) is 78.3 Å². The maximum Gasteiger partial charge on any atom is 0.251 e. The lowest BCUT2D eigenvalue weighted by Gasteiger charge is -2.28. The molecule has 2 atom stereocenters. The second-order valence-corrected chi connectivity index (χ2v) is 5.92. The number of hydrogen-bond acceptors (Lipinski definition) is 5. The summed E-state index contributed by atoms with van der Waals surface area (Å²) in [5.41, 5.74) is 0. The van der Waals surface area contributed by atoms with Gasteiger partial charge in [-0.15, -0.1) is 10.2 Å². The second-order valence-electron chi connectivity index (χ2n) is 5.92. The van der Waals surface area contributed by atoms with E-state index in [4.69, 9.17) is 9.47 Å². The molecule has 116 valence electrons. The van der Waals surface area contributed by atoms with Gasteiger partial charge in [-0.25, -0.2) is 0 Å². The summed E-state index contributed by atoms with van der Waals surface area (Å²) in [5, 5.41) is 11.6. The van der Waals surface area contributed by atoms with E-state index in [1.165, 1.54) is 0 Å². The average Bonchev–Trinajstić information content (AvgIpc) is 2.91. The highest BCUT2D eigenvalue weighted by molar-refractivity contribution is 5.81. The normalized spacial score (nSPS) is 25.7. The molecule has 1 fully saturated rings. The van der Waals surface area contributed by atoms with Crippen LogP contribution >= 0.6 is 0 Å². The van der Waals surface area contributed by atoms with Crippen molar-refractivity contribution in [3.05, 3.63) is 11.6 Å². The van der Waals surface area contributed by atoms with Crippen molar-refractivity contribution in [3.63, 3.8) is 0 Å². The van der Waals surface area contributed by atoms with Crippen LogP contribution in [0.4, 0.5) is 0 Å². The van der Waals surface area contributed by atoms with E-state index in [-0.39, 0.29) is 11.9 Å². The Bertz CT molecular complexity index is 508. The van der Waals surface area contributed by atoms with Crippen LogP contribution in [0.1, 0.15) is 37.8 Å². The molecule has 21 heavy (non-hydrogen) atoms. The SMILES string of the molecule is CC(C)c1nnc2n1C[C@@H](NC(=O)[C@H]1COCCO1)CC2. The number of carbonyl (C=O) groups excluding carboxylic acids is 1. The van der Waals surface area contributed by atoms with Crippen LogP contribution in [0.5, 0.6) is 0 Å². The van der Waals surface area contributed by atoms with E-state index in [0.29, 0.717) is 25.7 Å². The molecule has 0 aromatic carbocycles. The van der Waals surface area contributed by atoms with Crippen LogP contribution in [0, 0.1) is 0 Å². The molecule has 0 unspecified atom stereocenters. The molecule has 0 radical (unpaired) electrons. The number of aromatic nitrogens is 3. The van der Waals surface area contributed by atoms with Crippen molar-refractivity contribution in [2.75, 3.05) is 19.8 Å². The summed E-state index contributed by atoms with van der Waals surface area (Å²) < 4.78 is 12.8. The smallest absolute Gasteiger partial charge is 0.251 e. The fourth-order valence-electron chi connectivity index (χ4n) is 2.83. The summed E-state index contributed by atoms with van der Waals surface area (Å²) in [6, 6.07) is 0.101. The number of amides is 1. The lowest BCUT2D eigenvalue weighted by molar-refractivity contribution is -0.148. The minimum absolute atomic E-state index is 0.0812. The molecule has 1 saturated heterocycles. The summed E-state index contributed by atoms with van der Waals surface area (Å²) in [4.78, 5) is 12.2. The van der Waals surface area contributed by atoms with Gasteiger partial charge in [0.05, 0.1) is 19.8 Å². The van der Waals surface area contributed by atoms with Gasteiger partial charge in [0.25, 0.3) is 5.91 Å². The summed E-state index contributed by atoms with van der Waals surface area (Å²) in [7, 11) is 0. The fraction of sp³-hybridized carbons (Fsp3) is 0.786. The number of nitrogens with one attached hydrogen (secondary N) is 1. The van der Waals surface area contributed by atoms with E-state index in [0.717, 1.165) is 31.0 Å². The molecule has 1 N–H and O–H groups in total. The van der Waals surface area contributed by atoms with Crippen LogP contribution in [0.3, 0.4) is 0 Å². The number of ether oxygens (including phenoxy) is 2. The van der Waals surface area contributed by atoms with Gasteiger partial charge in [0.2, 0.25) is 0 Å². The number of carbonyl (C=O) groups is 1. The number of aryl methyl sites for hydroxylation is 1. The van der Waals surface area contributed by atoms with Gasteiger partial charge in [-0.3, -0.25) is 4.79 Å². The van der Waals surface area contributed by atoms with Gasteiger partial charge in [0, 0.05) is 24.9 Å². The third-order valence-corrected chi connectivity index (χ3v) is 3.95. The molecule has 3 rings (SSSR count). The van der Waals surface area contributed by atoms with Crippen LogP contribution < -0.4 is 5.32 Å². The Labute approximate surface area is 124 Å². The molecule has 0 spiro atoms. The van der Waals surface area contributed by atoms with Gasteiger partial charge in [0.1, 0.15) is 11.6 Å². The zero-order valence-electron chi connectivity index (χ0n) is 12.5. The summed E-state index contributed by atoms with van der Waals surface area (Å²) >= 11 is 0. The van der Waals surface area contributed by atoms with E-state index in [1.807, 2.05) is 0 Å². The first kappa shape index (κ1) is 14.5. The average molecular weight is 294 g/mol. The van der Waals surface area contributed by atoms with Crippen LogP contribution in [-0.4, -0.2) is 52.6 Å². The number of nitrogens with zero attached hydrogens (tertiary/aromatic N) is 3. The maximum absolute atomic E-state index is 12.2. The first-order chi connectivity index (χ1) is 10.1. The van der Waals surface area contributed by atoms with E-state index in [1.54, 1.807) is 0 Å². The van der Waals surface area contributed by atoms with Gasteiger partial charge in [0.15, 0.2) is 6.10 Å². The lowest BCUT2D eigenvalue weighted by Crippen LogP contribution is -2.49. The van der Waals surface area contributed by atoms with E-state index < -0.39 is 6.10 Å². The minimum Gasteiger partial charge on any atom is -0.376 e. The lowest BCUT2D eigenvalue weighted by atomic mass is 10.1. The van der Waals surface area contributed by atoms with Crippen molar-refractivity contribution in [2.24, 2.45) is 0 Å². The number of hydrogen-bond donors (Lipinski definition) is 1. The second kappa shape index (κ2) is 6.11. The first-order valence-electron chi connectivity index (χ1n) is 7.57. The molecule has 7 heteroatoms. The molecule has 1 amide bonds. The highest BCUT2D eigenvalue weighted by Crippen LogP contribution is 2.20. The number of rotatable bonds is 3. The Morgan fingerprint density at radius 3 is 2.95 bits per heavy atom. The van der Waals surface area contributed by atoms with Gasteiger partial charge in [-0.1, -0.05) is 13.8 Å². The molecule has 2 aliphatic rings. The third-order valence-electron chi connectivity index (χ3n) is 3.95. The molecular weight excluding hydrogens is 272 g/mol. The van der Waals surface area contributed by atoms with Gasteiger partial charge < -0.3 is 19.4 Å². The molecular formula is C14H22N4O3. The van der Waals surface area contributed by atoms with Crippen LogP contribution in [0.15, 0.2) is 0 Å². The predicted molar refractivity (Wildman–Crippen MR) is 74.9 cm³/mol. The first-order valence-corrected chi connectivity index (χ1v) is 7.57. The monoisotopic (exact) mass is 294 g/mol. The molecule has 3 heterocycles. The van der Waals surface area contributed by atoms with Crippen LogP contribution in [0.2, 0.25) is 0 Å². The molecule has 2 aliphatic heterocycles. The predicted octanol–water partition coefficient (Wildman–Crippen LogP) is 0.248. The standard InChI is InChI=1S/C14H22N4O3/c1-9(2)13-17-16-12-4-3-10(7-18(12)13)15-14(19)11-8-20-5-6-21-11/h9-11H,3-8H2,1-2H3,(H,15,19)/t10-,11+/m0/s1. The van der Waals surface area contributed by atoms with Crippen molar-refractivity contribution in [1.82, 2.24) is 20.1 Å². The third kappa shape index (κ3) is 3.08. The van der Waals surface area contributed by atoms with Crippen molar-refractivity contribution in [2.45, 2.75) is 51.3 Å². The molecule has 1 aromatic rings. The Morgan fingerprint density at radius 2 is 2.24 bits per heavy atom. The quantitative estimate of drug-likeness (QED) is 0.864. The summed E-state index contributed by atoms with van der Waals surface area (Å²) in [6.45, 7) is 6.33. The van der Waals surface area contributed by atoms with Crippen molar-refractivity contribution < 1.29 is 14.3 Å². The summed E-state index contributed by atoms with van der Waals surface area (Å²) in [6.07, 6.45) is 1.24. The van der Waals surface area contributed by atoms with Gasteiger partial charge >= 0.3 is 0 Å². The van der Waals surface area contributed by atoms with Crippen molar-refractivity contribution in [1.29, 1.82) is 0 Å². The largest absolute Gasteiger partial charge is 0.376 e. The van der Waals surface area contributed by atoms with Gasteiger partial charge in [-0.05, 0) is 6.42 Å². The minimum atomic E-state index is -0.481. The van der Waals surface area contributed by atoms with Crippen molar-refractivity contribution >= 4 is 5.91 Å². The summed E-state index contributed by atoms with van der Waals surface area (Å²) in [5.74, 6) is 2.25. The number of fused-ring (bicyclic) bond motifs is 1. The molecule has 1 aromatic heterocycles. The molecule has 0 aliphatic carbocycles. The van der Waals surface area contributed by atoms with Crippen molar-refractivity contribution in [3.8, 4) is 0 Å². The Balaban J connectivity index is 1.63. The highest BCUT2D eigenvalue weighted by atomic mass is 16.6. The highest BCUT2D eigenvalue weighted by Gasteiger charge is 2.28. The Kier molecular flexibility index (Phi) is 4.21. The maximum atomic E-state index is 12.2. The fourth-order valence-corrected chi connectivity index (χ4v) is 2.83. The van der Waals surface area contributed by atoms with Crippen LogP contribution in [-0.2, 0) is 27.2 Å². The molecule has 0 saturated carbocycles. The molecule has 0 bridgehead atoms. The van der Waals surface area contributed by atoms with Crippen LogP contribution in [0.25, 0.3) is 0 Å². The van der Waals surface area contributed by atoms with E-state index in [9.17, 15) is 4.79 Å². The zero-order chi connectivity index (χ0) is 14.8. The van der Waals surface area contributed by atoms with E-state index in [2.05, 4.69) is 33.9 Å². The van der Waals surface area contributed by atoms with E-state index >= 15 is 0 Å². The Hall–Kier alpha value is -1.47.